The molecule has 0 fully saturated rings. The van der Waals surface area contributed by atoms with Gasteiger partial charge in [0.05, 0.1) is 16.6 Å². The van der Waals surface area contributed by atoms with Crippen molar-refractivity contribution >= 4 is 15.7 Å². The molecule has 1 atom stereocenters. The number of anilines is 1. The molecule has 0 aliphatic carbocycles. The Morgan fingerprint density at radius 2 is 2.00 bits per heavy atom. The normalized spacial score (nSPS) is 13.3. The molecule has 108 valence electrons. The van der Waals surface area contributed by atoms with Gasteiger partial charge < -0.3 is 10.2 Å². The van der Waals surface area contributed by atoms with Crippen molar-refractivity contribution in [1.82, 2.24) is 4.72 Å². The van der Waals surface area contributed by atoms with E-state index in [0.717, 1.165) is 18.2 Å². The van der Waals surface area contributed by atoms with Gasteiger partial charge in [-0.2, -0.15) is 0 Å². The predicted octanol–water partition coefficient (Wildman–Crippen LogP) is 2.35. The van der Waals surface area contributed by atoms with Gasteiger partial charge >= 0.3 is 0 Å². The minimum absolute atomic E-state index is 0.0912. The van der Waals surface area contributed by atoms with Crippen molar-refractivity contribution in [2.45, 2.75) is 24.8 Å². The maximum atomic E-state index is 13.1. The van der Waals surface area contributed by atoms with E-state index >= 15 is 0 Å². The van der Waals surface area contributed by atoms with E-state index in [9.17, 15) is 12.8 Å². The standard InChI is InChI=1S/C13H15FN2O3S/c1-8-3-6-13(19-8)9(2)16-20(17,18)10-4-5-11(14)12(15)7-10/h3-7,9,16H,15H2,1-2H3. The third-order valence-electron chi connectivity index (χ3n) is 2.80. The van der Waals surface area contributed by atoms with Crippen LogP contribution in [0.25, 0.3) is 0 Å². The number of sulfonamides is 1. The van der Waals surface area contributed by atoms with Crippen LogP contribution >= 0.6 is 0 Å². The molecule has 0 aliphatic rings. The Hall–Kier alpha value is -1.86. The van der Waals surface area contributed by atoms with Gasteiger partial charge in [0.15, 0.2) is 0 Å². The number of hydrogen-bond acceptors (Lipinski definition) is 4. The van der Waals surface area contributed by atoms with Gasteiger partial charge in [-0.05, 0) is 44.2 Å². The molecule has 0 aliphatic heterocycles. The number of furan rings is 1. The highest BCUT2D eigenvalue weighted by Crippen LogP contribution is 2.21. The van der Waals surface area contributed by atoms with E-state index in [4.69, 9.17) is 10.2 Å². The summed E-state index contributed by atoms with van der Waals surface area (Å²) >= 11 is 0. The van der Waals surface area contributed by atoms with Gasteiger partial charge in [0.1, 0.15) is 17.3 Å². The lowest BCUT2D eigenvalue weighted by Gasteiger charge is -2.12. The molecule has 20 heavy (non-hydrogen) atoms. The fourth-order valence-electron chi connectivity index (χ4n) is 1.73. The number of aryl methyl sites for hydroxylation is 1. The largest absolute Gasteiger partial charge is 0.465 e. The van der Waals surface area contributed by atoms with E-state index in [1.54, 1.807) is 26.0 Å². The number of rotatable bonds is 4. The molecule has 1 aromatic heterocycles. The highest BCUT2D eigenvalue weighted by atomic mass is 32.2. The second-order valence-corrected chi connectivity index (χ2v) is 6.19. The third-order valence-corrected chi connectivity index (χ3v) is 4.34. The summed E-state index contributed by atoms with van der Waals surface area (Å²) in [5, 5.41) is 0. The van der Waals surface area contributed by atoms with Crippen LogP contribution in [0.15, 0.2) is 39.6 Å². The third kappa shape index (κ3) is 3.00. The molecular formula is C13H15FN2O3S. The minimum Gasteiger partial charge on any atom is -0.465 e. The molecule has 0 amide bonds. The van der Waals surface area contributed by atoms with Gasteiger partial charge in [0.25, 0.3) is 0 Å². The zero-order valence-corrected chi connectivity index (χ0v) is 11.9. The van der Waals surface area contributed by atoms with Gasteiger partial charge in [-0.25, -0.2) is 17.5 Å². The van der Waals surface area contributed by atoms with Crippen LogP contribution in [-0.4, -0.2) is 8.42 Å². The van der Waals surface area contributed by atoms with Gasteiger partial charge in [-0.3, -0.25) is 0 Å². The molecule has 2 rings (SSSR count). The minimum atomic E-state index is -3.79. The van der Waals surface area contributed by atoms with Crippen LogP contribution in [0, 0.1) is 12.7 Å². The Morgan fingerprint density at radius 1 is 1.30 bits per heavy atom. The number of nitrogens with one attached hydrogen (secondary N) is 1. The van der Waals surface area contributed by atoms with Crippen LogP contribution < -0.4 is 10.5 Å². The average molecular weight is 298 g/mol. The molecule has 0 spiro atoms. The van der Waals surface area contributed by atoms with Crippen LogP contribution in [0.2, 0.25) is 0 Å². The van der Waals surface area contributed by atoms with Gasteiger partial charge in [-0.15, -0.1) is 0 Å². The first-order chi connectivity index (χ1) is 9.29. The van der Waals surface area contributed by atoms with Crippen molar-refractivity contribution in [3.8, 4) is 0 Å². The molecule has 0 saturated heterocycles. The summed E-state index contributed by atoms with van der Waals surface area (Å²) in [5.74, 6) is 0.539. The average Bonchev–Trinajstić information content (AvgIpc) is 2.79. The molecule has 1 aromatic carbocycles. The molecule has 0 bridgehead atoms. The van der Waals surface area contributed by atoms with E-state index in [0.29, 0.717) is 11.5 Å². The van der Waals surface area contributed by atoms with E-state index in [2.05, 4.69) is 4.72 Å². The molecule has 5 nitrogen and oxygen atoms in total. The molecule has 0 radical (unpaired) electrons. The molecule has 2 aromatic rings. The number of nitrogens with two attached hydrogens (primary N) is 1. The Kier molecular flexibility index (Phi) is 3.82. The van der Waals surface area contributed by atoms with E-state index in [1.165, 1.54) is 0 Å². The molecule has 7 heteroatoms. The van der Waals surface area contributed by atoms with Crippen LogP contribution in [0.3, 0.4) is 0 Å². The Morgan fingerprint density at radius 3 is 2.55 bits per heavy atom. The monoisotopic (exact) mass is 298 g/mol. The number of benzene rings is 1. The Balaban J connectivity index is 2.24. The maximum Gasteiger partial charge on any atom is 0.241 e. The summed E-state index contributed by atoms with van der Waals surface area (Å²) in [4.78, 5) is -0.0912. The van der Waals surface area contributed by atoms with Crippen molar-refractivity contribution in [2.75, 3.05) is 5.73 Å². The smallest absolute Gasteiger partial charge is 0.241 e. The lowest BCUT2D eigenvalue weighted by atomic mass is 10.3. The van der Waals surface area contributed by atoms with Crippen molar-refractivity contribution in [2.24, 2.45) is 0 Å². The second-order valence-electron chi connectivity index (χ2n) is 4.47. The summed E-state index contributed by atoms with van der Waals surface area (Å²) < 4.78 is 45.2. The highest BCUT2D eigenvalue weighted by Gasteiger charge is 2.21. The first-order valence-electron chi connectivity index (χ1n) is 5.93. The van der Waals surface area contributed by atoms with Crippen LogP contribution in [0.1, 0.15) is 24.5 Å². The highest BCUT2D eigenvalue weighted by molar-refractivity contribution is 7.89. The number of hydrogen-bond donors (Lipinski definition) is 2. The lowest BCUT2D eigenvalue weighted by molar-refractivity contribution is 0.441. The predicted molar refractivity (Wildman–Crippen MR) is 73.0 cm³/mol. The number of nitrogen functional groups attached to an aromatic ring is 1. The molecule has 0 saturated carbocycles. The zero-order chi connectivity index (χ0) is 14.9. The van der Waals surface area contributed by atoms with Crippen molar-refractivity contribution in [3.05, 3.63) is 47.7 Å². The zero-order valence-electron chi connectivity index (χ0n) is 11.1. The van der Waals surface area contributed by atoms with Gasteiger partial charge in [0, 0.05) is 0 Å². The van der Waals surface area contributed by atoms with Crippen molar-refractivity contribution in [3.63, 3.8) is 0 Å². The van der Waals surface area contributed by atoms with E-state index in [-0.39, 0.29) is 10.6 Å². The summed E-state index contributed by atoms with van der Waals surface area (Å²) in [7, 11) is -3.79. The van der Waals surface area contributed by atoms with Crippen molar-refractivity contribution < 1.29 is 17.2 Å². The molecule has 3 N–H and O–H groups in total. The topological polar surface area (TPSA) is 85.3 Å². The maximum absolute atomic E-state index is 13.1. The summed E-state index contributed by atoms with van der Waals surface area (Å²) in [6.07, 6.45) is 0. The van der Waals surface area contributed by atoms with Crippen LogP contribution in [-0.2, 0) is 10.0 Å². The lowest BCUT2D eigenvalue weighted by Crippen LogP contribution is -2.26. The Labute approximate surface area is 116 Å². The molecule has 1 unspecified atom stereocenters. The fourth-order valence-corrected chi connectivity index (χ4v) is 2.98. The number of halogens is 1. The SMILES string of the molecule is Cc1ccc(C(C)NS(=O)(=O)c2ccc(F)c(N)c2)o1. The molecular weight excluding hydrogens is 283 g/mol. The summed E-state index contributed by atoms with van der Waals surface area (Å²) in [6, 6.07) is 6.16. The Bertz CT molecular complexity index is 725. The fraction of sp³-hybridized carbons (Fsp3) is 0.231. The van der Waals surface area contributed by atoms with Crippen LogP contribution in [0.5, 0.6) is 0 Å². The van der Waals surface area contributed by atoms with Crippen LogP contribution in [0.4, 0.5) is 10.1 Å². The van der Waals surface area contributed by atoms with Gasteiger partial charge in [0.2, 0.25) is 10.0 Å². The summed E-state index contributed by atoms with van der Waals surface area (Å²) in [6.45, 7) is 3.42. The summed E-state index contributed by atoms with van der Waals surface area (Å²) in [5.41, 5.74) is 5.16. The molecule has 1 heterocycles. The first-order valence-corrected chi connectivity index (χ1v) is 7.41. The quantitative estimate of drug-likeness (QED) is 0.848. The second kappa shape index (κ2) is 5.26. The first kappa shape index (κ1) is 14.5. The van der Waals surface area contributed by atoms with Gasteiger partial charge in [-0.1, -0.05) is 0 Å². The van der Waals surface area contributed by atoms with E-state index < -0.39 is 21.9 Å². The van der Waals surface area contributed by atoms with Crippen molar-refractivity contribution in [1.29, 1.82) is 0 Å². The van der Waals surface area contributed by atoms with E-state index in [1.807, 2.05) is 0 Å².